The largest absolute Gasteiger partial charge is 0.302 e. The minimum atomic E-state index is 1.06. The van der Waals surface area contributed by atoms with Crippen LogP contribution in [0.4, 0.5) is 0 Å². The molecule has 0 aliphatic carbocycles. The minimum absolute atomic E-state index is 1.06. The first kappa shape index (κ1) is 8.22. The zero-order chi connectivity index (χ0) is 8.55. The number of hydrogen-bond acceptors (Lipinski definition) is 4. The number of hydrogen-bond donors (Lipinski definition) is 0. The maximum absolute atomic E-state index is 5.03. The molecule has 2 aliphatic heterocycles. The van der Waals surface area contributed by atoms with Crippen LogP contribution in [0.25, 0.3) is 0 Å². The van der Waals surface area contributed by atoms with Gasteiger partial charge in [0, 0.05) is 17.8 Å². The van der Waals surface area contributed by atoms with Crippen LogP contribution in [0.1, 0.15) is 0 Å². The van der Waals surface area contributed by atoms with E-state index in [1.165, 1.54) is 0 Å². The normalized spacial score (nSPS) is 20.8. The van der Waals surface area contributed by atoms with E-state index in [0.29, 0.717) is 0 Å². The molecule has 0 saturated heterocycles. The molecule has 0 saturated carbocycles. The molecule has 12 heavy (non-hydrogen) atoms. The molecule has 5 heteroatoms. The van der Waals surface area contributed by atoms with E-state index < -0.39 is 0 Å². The lowest BCUT2D eigenvalue weighted by molar-refractivity contribution is -0.0476. The summed E-state index contributed by atoms with van der Waals surface area (Å²) in [5.41, 5.74) is 0. The second kappa shape index (κ2) is 3.16. The van der Waals surface area contributed by atoms with Crippen molar-refractivity contribution in [3.63, 3.8) is 0 Å². The highest BCUT2D eigenvalue weighted by atomic mass is 79.9. The highest BCUT2D eigenvalue weighted by Crippen LogP contribution is 2.39. The fourth-order valence-corrected chi connectivity index (χ4v) is 2.44. The van der Waals surface area contributed by atoms with Crippen molar-refractivity contribution in [2.75, 3.05) is 7.11 Å². The van der Waals surface area contributed by atoms with Crippen LogP contribution in [0.15, 0.2) is 33.6 Å². The molecule has 2 aliphatic rings. The molecule has 0 aromatic carbocycles. The summed E-state index contributed by atoms with van der Waals surface area (Å²) in [7, 11) is 1.64. The predicted molar refractivity (Wildman–Crippen MR) is 52.5 cm³/mol. The lowest BCUT2D eigenvalue weighted by Crippen LogP contribution is -2.18. The molecule has 0 fully saturated rings. The van der Waals surface area contributed by atoms with Crippen molar-refractivity contribution in [1.29, 1.82) is 0 Å². The van der Waals surface area contributed by atoms with Crippen LogP contribution >= 0.6 is 27.7 Å². The molecule has 3 nitrogen and oxygen atoms in total. The number of nitrogens with zero attached hydrogens (tertiary/aromatic N) is 2. The highest BCUT2D eigenvalue weighted by molar-refractivity contribution is 9.11. The van der Waals surface area contributed by atoms with E-state index in [0.717, 1.165) is 9.64 Å². The Morgan fingerprint density at radius 3 is 3.08 bits per heavy atom. The molecule has 0 N–H and O–H groups in total. The first-order valence-corrected chi connectivity index (χ1v) is 5.02. The average molecular weight is 247 g/mol. The number of halogens is 1. The Morgan fingerprint density at radius 2 is 2.33 bits per heavy atom. The second-order valence-corrected chi connectivity index (χ2v) is 3.94. The molecular formula is C7H7BrN2OS. The van der Waals surface area contributed by atoms with E-state index in [1.54, 1.807) is 23.9 Å². The van der Waals surface area contributed by atoms with Crippen molar-refractivity contribution in [3.8, 4) is 0 Å². The Hall–Kier alpha value is -0.390. The molecule has 0 bridgehead atoms. The predicted octanol–water partition coefficient (Wildman–Crippen LogP) is 2.38. The zero-order valence-electron chi connectivity index (χ0n) is 6.40. The summed E-state index contributed by atoms with van der Waals surface area (Å²) < 4.78 is 1.06. The highest BCUT2D eigenvalue weighted by Gasteiger charge is 2.20. The van der Waals surface area contributed by atoms with Gasteiger partial charge in [0.1, 0.15) is 5.03 Å². The fourth-order valence-electron chi connectivity index (χ4n) is 0.963. The van der Waals surface area contributed by atoms with Gasteiger partial charge >= 0.3 is 0 Å². The molecule has 0 radical (unpaired) electrons. The Balaban J connectivity index is 2.21. The second-order valence-electron chi connectivity index (χ2n) is 2.24. The third kappa shape index (κ3) is 1.28. The molecule has 64 valence electrons. The molecule has 2 rings (SSSR count). The fraction of sp³-hybridized carbons (Fsp3) is 0.143. The Kier molecular flexibility index (Phi) is 2.16. The van der Waals surface area contributed by atoms with Crippen molar-refractivity contribution in [3.05, 3.63) is 33.6 Å². The van der Waals surface area contributed by atoms with Crippen LogP contribution < -0.4 is 0 Å². The molecule has 0 unspecified atom stereocenters. The van der Waals surface area contributed by atoms with Gasteiger partial charge in [0.05, 0.1) is 17.9 Å². The van der Waals surface area contributed by atoms with E-state index in [2.05, 4.69) is 15.9 Å². The third-order valence-electron chi connectivity index (χ3n) is 1.56. The van der Waals surface area contributed by atoms with Gasteiger partial charge in [-0.3, -0.25) is 4.84 Å². The van der Waals surface area contributed by atoms with Gasteiger partial charge in [-0.05, 0) is 15.9 Å². The van der Waals surface area contributed by atoms with Crippen LogP contribution in [0.5, 0.6) is 0 Å². The van der Waals surface area contributed by atoms with Crippen molar-refractivity contribution in [2.45, 2.75) is 0 Å². The van der Waals surface area contributed by atoms with Crippen LogP contribution in [0.2, 0.25) is 0 Å². The summed E-state index contributed by atoms with van der Waals surface area (Å²) in [4.78, 5) is 7.07. The monoisotopic (exact) mass is 246 g/mol. The van der Waals surface area contributed by atoms with Gasteiger partial charge in [0.25, 0.3) is 0 Å². The molecule has 0 aromatic rings. The SMILES string of the molecule is CON1C=CN2C(Br)=CSC2=C1. The van der Waals surface area contributed by atoms with Crippen LogP contribution in [-0.4, -0.2) is 17.1 Å². The van der Waals surface area contributed by atoms with Crippen molar-refractivity contribution in [2.24, 2.45) is 0 Å². The Bertz CT molecular complexity index is 287. The first-order chi connectivity index (χ1) is 5.81. The van der Waals surface area contributed by atoms with Gasteiger partial charge in [0.15, 0.2) is 0 Å². The third-order valence-corrected chi connectivity index (χ3v) is 3.35. The number of rotatable bonds is 1. The maximum atomic E-state index is 5.03. The smallest absolute Gasteiger partial charge is 0.103 e. The zero-order valence-corrected chi connectivity index (χ0v) is 8.80. The van der Waals surface area contributed by atoms with Crippen LogP contribution in [0, 0.1) is 0 Å². The van der Waals surface area contributed by atoms with Crippen molar-refractivity contribution >= 4 is 27.7 Å². The average Bonchev–Trinajstić information content (AvgIpc) is 2.47. The van der Waals surface area contributed by atoms with Crippen molar-refractivity contribution < 1.29 is 4.84 Å². The standard InChI is InChI=1S/C7H7BrN2OS/c1-11-9-2-3-10-6(8)5-12-7(10)4-9/h2-5H,1H3. The topological polar surface area (TPSA) is 15.7 Å². The summed E-state index contributed by atoms with van der Waals surface area (Å²) in [5, 5.41) is 4.83. The lowest BCUT2D eigenvalue weighted by atomic mass is 10.6. The lowest BCUT2D eigenvalue weighted by Gasteiger charge is -2.23. The molecule has 0 amide bonds. The summed E-state index contributed by atoms with van der Waals surface area (Å²) >= 11 is 5.10. The molecule has 0 spiro atoms. The van der Waals surface area contributed by atoms with Gasteiger partial charge in [-0.1, -0.05) is 11.8 Å². The van der Waals surface area contributed by atoms with E-state index >= 15 is 0 Å². The summed E-state index contributed by atoms with van der Waals surface area (Å²) in [6, 6.07) is 0. The summed E-state index contributed by atoms with van der Waals surface area (Å²) in [6.07, 6.45) is 5.72. The van der Waals surface area contributed by atoms with Crippen LogP contribution in [0.3, 0.4) is 0 Å². The minimum Gasteiger partial charge on any atom is -0.302 e. The quantitative estimate of drug-likeness (QED) is 0.661. The maximum Gasteiger partial charge on any atom is 0.103 e. The number of fused-ring (bicyclic) bond motifs is 1. The molecular weight excluding hydrogens is 240 g/mol. The number of thioether (sulfide) groups is 1. The number of hydroxylamine groups is 2. The van der Waals surface area contributed by atoms with Gasteiger partial charge in [-0.2, -0.15) is 0 Å². The summed E-state index contributed by atoms with van der Waals surface area (Å²) in [6.45, 7) is 0. The molecule has 0 atom stereocenters. The van der Waals surface area contributed by atoms with E-state index in [4.69, 9.17) is 4.84 Å². The molecule has 0 aromatic heterocycles. The van der Waals surface area contributed by atoms with E-state index in [-0.39, 0.29) is 0 Å². The molecule has 2 heterocycles. The first-order valence-electron chi connectivity index (χ1n) is 3.35. The Labute approximate surface area is 83.4 Å². The Morgan fingerprint density at radius 1 is 1.50 bits per heavy atom. The van der Waals surface area contributed by atoms with Crippen molar-refractivity contribution in [1.82, 2.24) is 9.96 Å². The van der Waals surface area contributed by atoms with Gasteiger partial charge in [-0.25, -0.2) is 5.06 Å². The van der Waals surface area contributed by atoms with Gasteiger partial charge in [0.2, 0.25) is 0 Å². The van der Waals surface area contributed by atoms with Gasteiger partial charge in [-0.15, -0.1) is 0 Å². The summed E-state index contributed by atoms with van der Waals surface area (Å²) in [5.74, 6) is 0. The van der Waals surface area contributed by atoms with Crippen LogP contribution in [-0.2, 0) is 4.84 Å². The van der Waals surface area contributed by atoms with E-state index in [9.17, 15) is 0 Å². The van der Waals surface area contributed by atoms with Gasteiger partial charge < -0.3 is 4.90 Å². The van der Waals surface area contributed by atoms with E-state index in [1.807, 2.05) is 28.9 Å².